The first-order valence-electron chi connectivity index (χ1n) is 9.18. The van der Waals surface area contributed by atoms with E-state index in [1.54, 1.807) is 19.1 Å². The van der Waals surface area contributed by atoms with Crippen molar-refractivity contribution in [3.63, 3.8) is 0 Å². The molecule has 1 saturated heterocycles. The summed E-state index contributed by atoms with van der Waals surface area (Å²) in [6, 6.07) is 7.72. The normalized spacial score (nSPS) is 17.7. The lowest BCUT2D eigenvalue weighted by atomic mass is 10.2. The fourth-order valence-corrected chi connectivity index (χ4v) is 5.27. The van der Waals surface area contributed by atoms with Gasteiger partial charge in [-0.05, 0) is 55.7 Å². The number of halogens is 3. The summed E-state index contributed by atoms with van der Waals surface area (Å²) in [6.45, 7) is 1.82. The molecule has 2 aromatic rings. The molecule has 1 heterocycles. The van der Waals surface area contributed by atoms with Crippen LogP contribution in [-0.2, 0) is 21.0 Å². The van der Waals surface area contributed by atoms with Crippen molar-refractivity contribution in [2.24, 2.45) is 0 Å². The average Bonchev–Trinajstić information content (AvgIpc) is 3.19. The maximum atomic E-state index is 13.2. The van der Waals surface area contributed by atoms with Crippen molar-refractivity contribution in [1.82, 2.24) is 4.31 Å². The molecule has 1 aliphatic heterocycles. The van der Waals surface area contributed by atoms with Crippen molar-refractivity contribution in [3.8, 4) is 5.75 Å². The molecule has 1 unspecified atom stereocenters. The van der Waals surface area contributed by atoms with E-state index < -0.39 is 33.7 Å². The molecule has 1 fully saturated rings. The average molecular weight is 442 g/mol. The van der Waals surface area contributed by atoms with Crippen molar-refractivity contribution >= 4 is 21.6 Å². The number of nitrogens with one attached hydrogen (secondary N) is 1. The van der Waals surface area contributed by atoms with Crippen LogP contribution in [0.25, 0.3) is 0 Å². The van der Waals surface area contributed by atoms with Crippen LogP contribution in [0.15, 0.2) is 47.4 Å². The second kappa shape index (κ2) is 8.27. The van der Waals surface area contributed by atoms with E-state index in [4.69, 9.17) is 4.74 Å². The number of alkyl halides is 3. The van der Waals surface area contributed by atoms with Crippen LogP contribution in [0.3, 0.4) is 0 Å². The number of carbonyl (C=O) groups excluding carboxylic acids is 1. The van der Waals surface area contributed by atoms with Crippen molar-refractivity contribution in [1.29, 1.82) is 0 Å². The fourth-order valence-electron chi connectivity index (χ4n) is 3.37. The topological polar surface area (TPSA) is 75.7 Å². The number of rotatable bonds is 5. The summed E-state index contributed by atoms with van der Waals surface area (Å²) in [5, 5.41) is 2.52. The monoisotopic (exact) mass is 442 g/mol. The molecule has 0 radical (unpaired) electrons. The summed E-state index contributed by atoms with van der Waals surface area (Å²) in [7, 11) is -2.54. The first-order valence-corrected chi connectivity index (χ1v) is 10.6. The lowest BCUT2D eigenvalue weighted by molar-refractivity contribution is -0.137. The molecular formula is C20H21F3N2O4S. The Kier molecular flexibility index (Phi) is 6.09. The third kappa shape index (κ3) is 4.44. The molecule has 1 atom stereocenters. The van der Waals surface area contributed by atoms with Crippen LogP contribution in [0.4, 0.5) is 18.9 Å². The number of sulfonamides is 1. The molecule has 1 aliphatic rings. The van der Waals surface area contributed by atoms with Gasteiger partial charge in [0.15, 0.2) is 0 Å². The Hall–Kier alpha value is -2.59. The third-order valence-corrected chi connectivity index (χ3v) is 7.02. The largest absolute Gasteiger partial charge is 0.497 e. The Morgan fingerprint density at radius 1 is 1.17 bits per heavy atom. The number of methoxy groups -OCH3 is 1. The number of aryl methyl sites for hydroxylation is 1. The fraction of sp³-hybridized carbons (Fsp3) is 0.350. The maximum Gasteiger partial charge on any atom is 0.416 e. The van der Waals surface area contributed by atoms with Gasteiger partial charge < -0.3 is 10.1 Å². The molecule has 1 N–H and O–H groups in total. The number of hydrogen-bond donors (Lipinski definition) is 1. The zero-order chi connectivity index (χ0) is 22.1. The summed E-state index contributed by atoms with van der Waals surface area (Å²) in [4.78, 5) is 12.8. The van der Waals surface area contributed by atoms with Crippen molar-refractivity contribution < 1.29 is 31.1 Å². The summed E-state index contributed by atoms with van der Waals surface area (Å²) in [5.74, 6) is -0.208. The van der Waals surface area contributed by atoms with Gasteiger partial charge in [-0.15, -0.1) is 0 Å². The van der Waals surface area contributed by atoms with E-state index in [2.05, 4.69) is 5.32 Å². The van der Waals surface area contributed by atoms with Gasteiger partial charge >= 0.3 is 6.18 Å². The first-order chi connectivity index (χ1) is 14.0. The molecule has 30 heavy (non-hydrogen) atoms. The Morgan fingerprint density at radius 3 is 2.43 bits per heavy atom. The van der Waals surface area contributed by atoms with Gasteiger partial charge in [-0.3, -0.25) is 4.79 Å². The standard InChI is InChI=1S/C20H21F3N2O4S/c1-13-5-10-16(29-2)12-18(13)30(27,28)25-11-3-4-17(25)19(26)24-15-8-6-14(7-9-15)20(21,22)23/h5-10,12,17H,3-4,11H2,1-2H3,(H,24,26). The molecular weight excluding hydrogens is 421 g/mol. The SMILES string of the molecule is COc1ccc(C)c(S(=O)(=O)N2CCCC2C(=O)Nc2ccc(C(F)(F)F)cc2)c1. The predicted molar refractivity (Wildman–Crippen MR) is 105 cm³/mol. The van der Waals surface area contributed by atoms with Crippen molar-refractivity contribution in [2.45, 2.75) is 36.9 Å². The second-order valence-electron chi connectivity index (χ2n) is 6.97. The van der Waals surface area contributed by atoms with Crippen molar-refractivity contribution in [2.75, 3.05) is 19.0 Å². The highest BCUT2D eigenvalue weighted by atomic mass is 32.2. The molecule has 6 nitrogen and oxygen atoms in total. The second-order valence-corrected chi connectivity index (χ2v) is 8.83. The molecule has 162 valence electrons. The Bertz CT molecular complexity index is 1040. The minimum atomic E-state index is -4.48. The molecule has 0 bridgehead atoms. The Balaban J connectivity index is 1.82. The van der Waals surface area contributed by atoms with Gasteiger partial charge in [-0.25, -0.2) is 8.42 Å². The molecule has 0 saturated carbocycles. The van der Waals surface area contributed by atoms with Gasteiger partial charge in [0, 0.05) is 18.3 Å². The highest BCUT2D eigenvalue weighted by Gasteiger charge is 2.40. The Labute approximate surface area is 172 Å². The quantitative estimate of drug-likeness (QED) is 0.764. The molecule has 0 aliphatic carbocycles. The van der Waals surface area contributed by atoms with Crippen LogP contribution < -0.4 is 10.1 Å². The molecule has 2 aromatic carbocycles. The van der Waals surface area contributed by atoms with Gasteiger partial charge in [-0.1, -0.05) is 6.07 Å². The van der Waals surface area contributed by atoms with Gasteiger partial charge in [0.05, 0.1) is 17.6 Å². The van der Waals surface area contributed by atoms with Crippen LogP contribution in [0.1, 0.15) is 24.0 Å². The molecule has 0 aromatic heterocycles. The molecule has 1 amide bonds. The summed E-state index contributed by atoms with van der Waals surface area (Å²) >= 11 is 0. The highest BCUT2D eigenvalue weighted by Crippen LogP contribution is 2.32. The van der Waals surface area contributed by atoms with Gasteiger partial charge in [0.1, 0.15) is 11.8 Å². The zero-order valence-electron chi connectivity index (χ0n) is 16.4. The van der Waals surface area contributed by atoms with Crippen LogP contribution in [0.2, 0.25) is 0 Å². The number of amides is 1. The van der Waals surface area contributed by atoms with E-state index in [1.807, 2.05) is 0 Å². The minimum absolute atomic E-state index is 0.0519. The van der Waals surface area contributed by atoms with Gasteiger partial charge in [0.25, 0.3) is 0 Å². The third-order valence-electron chi connectivity index (χ3n) is 4.97. The summed E-state index contributed by atoms with van der Waals surface area (Å²) in [5.41, 5.74) is -0.154. The van der Waals surface area contributed by atoms with E-state index in [-0.39, 0.29) is 17.1 Å². The molecule has 3 rings (SSSR count). The Morgan fingerprint density at radius 2 is 1.83 bits per heavy atom. The van der Waals surface area contributed by atoms with E-state index in [0.717, 1.165) is 28.6 Å². The zero-order valence-corrected chi connectivity index (χ0v) is 17.2. The lowest BCUT2D eigenvalue weighted by Gasteiger charge is -2.24. The molecule has 10 heteroatoms. The summed E-state index contributed by atoms with van der Waals surface area (Å²) in [6.07, 6.45) is -3.67. The van der Waals surface area contributed by atoms with E-state index in [1.165, 1.54) is 13.2 Å². The van der Waals surface area contributed by atoms with Gasteiger partial charge in [0.2, 0.25) is 15.9 Å². The number of nitrogens with zero attached hydrogens (tertiary/aromatic N) is 1. The first kappa shape index (κ1) is 22.1. The van der Waals surface area contributed by atoms with Crippen molar-refractivity contribution in [3.05, 3.63) is 53.6 Å². The predicted octanol–water partition coefficient (Wildman–Crippen LogP) is 3.81. The smallest absolute Gasteiger partial charge is 0.416 e. The van der Waals surface area contributed by atoms with Crippen LogP contribution in [-0.4, -0.2) is 38.3 Å². The summed E-state index contributed by atoms with van der Waals surface area (Å²) < 4.78 is 70.7. The van der Waals surface area contributed by atoms with Crippen LogP contribution >= 0.6 is 0 Å². The van der Waals surface area contributed by atoms with E-state index in [0.29, 0.717) is 24.2 Å². The highest BCUT2D eigenvalue weighted by molar-refractivity contribution is 7.89. The van der Waals surface area contributed by atoms with Crippen LogP contribution in [0, 0.1) is 6.92 Å². The maximum absolute atomic E-state index is 13.2. The number of anilines is 1. The van der Waals surface area contributed by atoms with E-state index in [9.17, 15) is 26.4 Å². The lowest BCUT2D eigenvalue weighted by Crippen LogP contribution is -2.43. The number of ether oxygens (including phenoxy) is 1. The number of carbonyl (C=O) groups is 1. The molecule has 0 spiro atoms. The van der Waals surface area contributed by atoms with E-state index >= 15 is 0 Å². The van der Waals surface area contributed by atoms with Gasteiger partial charge in [-0.2, -0.15) is 17.5 Å². The number of hydrogen-bond acceptors (Lipinski definition) is 4. The van der Waals surface area contributed by atoms with Crippen LogP contribution in [0.5, 0.6) is 5.75 Å². The number of benzene rings is 2. The minimum Gasteiger partial charge on any atom is -0.497 e.